The molecule has 1 saturated heterocycles. The topological polar surface area (TPSA) is 23.5 Å². The smallest absolute Gasteiger partial charge is 0.0672 e. The molecular weight excluding hydrogens is 302 g/mol. The van der Waals surface area contributed by atoms with Crippen LogP contribution in [0.3, 0.4) is 0 Å². The first-order chi connectivity index (χ1) is 9.22. The average Bonchev–Trinajstić information content (AvgIpc) is 2.43. The molecule has 1 aliphatic rings. The number of alkyl halides is 1. The molecule has 0 unspecified atom stereocenters. The molecule has 0 saturated carbocycles. The van der Waals surface area contributed by atoms with Gasteiger partial charge < -0.3 is 5.11 Å². The van der Waals surface area contributed by atoms with Crippen LogP contribution in [-0.4, -0.2) is 34.0 Å². The van der Waals surface area contributed by atoms with Crippen molar-refractivity contribution in [2.75, 3.05) is 18.4 Å². The quantitative estimate of drug-likeness (QED) is 0.638. The number of likely N-dealkylation sites (tertiary alicyclic amines) is 1. The van der Waals surface area contributed by atoms with Crippen LogP contribution in [0.25, 0.3) is 0 Å². The van der Waals surface area contributed by atoms with Crippen LogP contribution in [0.5, 0.6) is 0 Å². The minimum atomic E-state index is -0.407. The summed E-state index contributed by atoms with van der Waals surface area (Å²) < 4.78 is 0. The highest BCUT2D eigenvalue weighted by Gasteiger charge is 2.31. The van der Waals surface area contributed by atoms with E-state index in [1.165, 1.54) is 5.56 Å². The van der Waals surface area contributed by atoms with Crippen LogP contribution in [0.4, 0.5) is 0 Å². The standard InChI is InChI=1S/C16H24BrNO/c17-11-5-4-8-16(19)9-12-18(13-10-16)14-15-6-2-1-3-7-15/h1-3,6-7,19H,4-5,8-14H2. The van der Waals surface area contributed by atoms with Crippen LogP contribution in [-0.2, 0) is 6.54 Å². The fraction of sp³-hybridized carbons (Fsp3) is 0.625. The number of piperidine rings is 1. The van der Waals surface area contributed by atoms with Crippen molar-refractivity contribution in [1.82, 2.24) is 4.90 Å². The Labute approximate surface area is 124 Å². The molecular formula is C16H24BrNO. The van der Waals surface area contributed by atoms with Gasteiger partial charge in [0, 0.05) is 25.0 Å². The number of unbranched alkanes of at least 4 members (excludes halogenated alkanes) is 1. The van der Waals surface area contributed by atoms with E-state index in [-0.39, 0.29) is 0 Å². The summed E-state index contributed by atoms with van der Waals surface area (Å²) in [4.78, 5) is 2.45. The van der Waals surface area contributed by atoms with Crippen molar-refractivity contribution < 1.29 is 5.11 Å². The van der Waals surface area contributed by atoms with Crippen molar-refractivity contribution in [3.63, 3.8) is 0 Å². The molecule has 0 radical (unpaired) electrons. The maximum absolute atomic E-state index is 10.5. The van der Waals surface area contributed by atoms with Crippen LogP contribution in [0.1, 0.15) is 37.7 Å². The zero-order valence-electron chi connectivity index (χ0n) is 11.5. The molecule has 0 aliphatic carbocycles. The SMILES string of the molecule is OC1(CCCCBr)CCN(Cc2ccccc2)CC1. The molecule has 1 N–H and O–H groups in total. The molecule has 19 heavy (non-hydrogen) atoms. The van der Waals surface area contributed by atoms with Crippen LogP contribution >= 0.6 is 15.9 Å². The fourth-order valence-corrected chi connectivity index (χ4v) is 3.16. The number of aliphatic hydroxyl groups is 1. The lowest BCUT2D eigenvalue weighted by Gasteiger charge is -2.38. The van der Waals surface area contributed by atoms with E-state index in [1.54, 1.807) is 0 Å². The predicted molar refractivity (Wildman–Crippen MR) is 83.5 cm³/mol. The van der Waals surface area contributed by atoms with Crippen molar-refractivity contribution in [3.8, 4) is 0 Å². The molecule has 106 valence electrons. The number of hydrogen-bond acceptors (Lipinski definition) is 2. The highest BCUT2D eigenvalue weighted by molar-refractivity contribution is 9.09. The lowest BCUT2D eigenvalue weighted by atomic mass is 9.86. The maximum Gasteiger partial charge on any atom is 0.0672 e. The summed E-state index contributed by atoms with van der Waals surface area (Å²) in [5, 5.41) is 11.6. The molecule has 0 amide bonds. The van der Waals surface area contributed by atoms with Gasteiger partial charge in [-0.05, 0) is 37.7 Å². The molecule has 0 spiro atoms. The monoisotopic (exact) mass is 325 g/mol. The molecule has 0 aromatic heterocycles. The largest absolute Gasteiger partial charge is 0.390 e. The Bertz CT molecular complexity index is 360. The summed E-state index contributed by atoms with van der Waals surface area (Å²) in [6.07, 6.45) is 5.08. The summed E-state index contributed by atoms with van der Waals surface area (Å²) in [5.41, 5.74) is 0.960. The fourth-order valence-electron chi connectivity index (χ4n) is 2.77. The molecule has 1 aliphatic heterocycles. The van der Waals surface area contributed by atoms with Gasteiger partial charge >= 0.3 is 0 Å². The summed E-state index contributed by atoms with van der Waals surface area (Å²) in [6.45, 7) is 3.04. The number of halogens is 1. The zero-order valence-corrected chi connectivity index (χ0v) is 13.1. The Morgan fingerprint density at radius 2 is 1.79 bits per heavy atom. The summed E-state index contributed by atoms with van der Waals surface area (Å²) in [6, 6.07) is 10.6. The van der Waals surface area contributed by atoms with E-state index in [1.807, 2.05) is 0 Å². The Kier molecular flexibility index (Phi) is 5.86. The van der Waals surface area contributed by atoms with Gasteiger partial charge in [0.15, 0.2) is 0 Å². The second-order valence-corrected chi connectivity index (χ2v) is 6.43. The first kappa shape index (κ1) is 15.0. The molecule has 1 heterocycles. The van der Waals surface area contributed by atoms with E-state index in [4.69, 9.17) is 0 Å². The molecule has 2 nitrogen and oxygen atoms in total. The van der Waals surface area contributed by atoms with Crippen molar-refractivity contribution >= 4 is 15.9 Å². The third kappa shape index (κ3) is 4.90. The second kappa shape index (κ2) is 7.41. The van der Waals surface area contributed by atoms with Gasteiger partial charge in [0.25, 0.3) is 0 Å². The Hall–Kier alpha value is -0.380. The van der Waals surface area contributed by atoms with Crippen LogP contribution in [0, 0.1) is 0 Å². The molecule has 2 rings (SSSR count). The lowest BCUT2D eigenvalue weighted by Crippen LogP contribution is -2.43. The third-order valence-corrected chi connectivity index (χ3v) is 4.62. The first-order valence-electron chi connectivity index (χ1n) is 7.26. The highest BCUT2D eigenvalue weighted by Crippen LogP contribution is 2.28. The van der Waals surface area contributed by atoms with Gasteiger partial charge in [-0.3, -0.25) is 4.90 Å². The van der Waals surface area contributed by atoms with Gasteiger partial charge in [0.05, 0.1) is 5.60 Å². The summed E-state index contributed by atoms with van der Waals surface area (Å²) in [5.74, 6) is 0. The van der Waals surface area contributed by atoms with Gasteiger partial charge in [-0.15, -0.1) is 0 Å². The highest BCUT2D eigenvalue weighted by atomic mass is 79.9. The van der Waals surface area contributed by atoms with Gasteiger partial charge in [0.1, 0.15) is 0 Å². The van der Waals surface area contributed by atoms with E-state index in [0.717, 1.165) is 57.1 Å². The van der Waals surface area contributed by atoms with E-state index in [0.29, 0.717) is 0 Å². The molecule has 0 bridgehead atoms. The second-order valence-electron chi connectivity index (χ2n) is 5.63. The van der Waals surface area contributed by atoms with Crippen LogP contribution in [0.15, 0.2) is 30.3 Å². The van der Waals surface area contributed by atoms with Gasteiger partial charge in [-0.25, -0.2) is 0 Å². The number of benzene rings is 1. The number of rotatable bonds is 6. The van der Waals surface area contributed by atoms with E-state index in [9.17, 15) is 5.11 Å². The summed E-state index contributed by atoms with van der Waals surface area (Å²) >= 11 is 3.45. The van der Waals surface area contributed by atoms with E-state index < -0.39 is 5.60 Å². The Morgan fingerprint density at radius 3 is 2.42 bits per heavy atom. The van der Waals surface area contributed by atoms with Crippen molar-refractivity contribution in [2.24, 2.45) is 0 Å². The molecule has 1 fully saturated rings. The van der Waals surface area contributed by atoms with E-state index in [2.05, 4.69) is 51.2 Å². The zero-order chi connectivity index (χ0) is 13.6. The van der Waals surface area contributed by atoms with Gasteiger partial charge in [0.2, 0.25) is 0 Å². The third-order valence-electron chi connectivity index (χ3n) is 4.06. The van der Waals surface area contributed by atoms with Crippen molar-refractivity contribution in [2.45, 2.75) is 44.2 Å². The van der Waals surface area contributed by atoms with E-state index >= 15 is 0 Å². The Morgan fingerprint density at radius 1 is 1.11 bits per heavy atom. The van der Waals surface area contributed by atoms with Crippen molar-refractivity contribution in [1.29, 1.82) is 0 Å². The minimum absolute atomic E-state index is 0.407. The lowest BCUT2D eigenvalue weighted by molar-refractivity contribution is -0.0306. The molecule has 1 aromatic carbocycles. The maximum atomic E-state index is 10.5. The molecule has 0 atom stereocenters. The molecule has 1 aromatic rings. The van der Waals surface area contributed by atoms with Gasteiger partial charge in [-0.1, -0.05) is 46.3 Å². The average molecular weight is 326 g/mol. The first-order valence-corrected chi connectivity index (χ1v) is 8.39. The van der Waals surface area contributed by atoms with Crippen molar-refractivity contribution in [3.05, 3.63) is 35.9 Å². The Balaban J connectivity index is 1.75. The number of nitrogens with zero attached hydrogens (tertiary/aromatic N) is 1. The van der Waals surface area contributed by atoms with Crippen LogP contribution in [0.2, 0.25) is 0 Å². The van der Waals surface area contributed by atoms with Crippen LogP contribution < -0.4 is 0 Å². The predicted octanol–water partition coefficient (Wildman–Crippen LogP) is 3.58. The molecule has 3 heteroatoms. The van der Waals surface area contributed by atoms with Gasteiger partial charge in [-0.2, -0.15) is 0 Å². The summed E-state index contributed by atoms with van der Waals surface area (Å²) in [7, 11) is 0. The normalized spacial score (nSPS) is 19.5. The number of hydrogen-bond donors (Lipinski definition) is 1. The minimum Gasteiger partial charge on any atom is -0.390 e.